The van der Waals surface area contributed by atoms with E-state index in [1.54, 1.807) is 12.4 Å². The molecule has 2 heterocycles. The van der Waals surface area contributed by atoms with Crippen LogP contribution < -0.4 is 0 Å². The van der Waals surface area contributed by atoms with E-state index in [1.165, 1.54) is 0 Å². The van der Waals surface area contributed by atoms with E-state index in [4.69, 9.17) is 0 Å². The summed E-state index contributed by atoms with van der Waals surface area (Å²) in [4.78, 5) is 34.2. The molecule has 29 heavy (non-hydrogen) atoms. The number of aromatic nitrogens is 1. The number of carbonyl (C=O) groups excluding carboxylic acids is 2. The Morgan fingerprint density at radius 3 is 2.59 bits per heavy atom. The van der Waals surface area contributed by atoms with E-state index < -0.39 is 6.04 Å². The number of rotatable bonds is 6. The quantitative estimate of drug-likeness (QED) is 0.757. The van der Waals surface area contributed by atoms with Crippen molar-refractivity contribution in [3.63, 3.8) is 0 Å². The molecule has 1 aliphatic heterocycles. The van der Waals surface area contributed by atoms with E-state index in [-0.39, 0.29) is 17.7 Å². The van der Waals surface area contributed by atoms with Crippen LogP contribution in [-0.4, -0.2) is 52.3 Å². The van der Waals surface area contributed by atoms with E-state index in [0.717, 1.165) is 48.9 Å². The van der Waals surface area contributed by atoms with Crippen LogP contribution >= 0.6 is 0 Å². The van der Waals surface area contributed by atoms with E-state index in [2.05, 4.69) is 30.1 Å². The van der Waals surface area contributed by atoms with Gasteiger partial charge >= 0.3 is 0 Å². The summed E-state index contributed by atoms with van der Waals surface area (Å²) in [5.41, 5.74) is 3.30. The van der Waals surface area contributed by atoms with Gasteiger partial charge in [0.1, 0.15) is 6.04 Å². The minimum absolute atomic E-state index is 0.0973. The molecule has 2 aromatic rings. The molecule has 0 bridgehead atoms. The first-order valence-corrected chi connectivity index (χ1v) is 10.8. The fourth-order valence-corrected chi connectivity index (χ4v) is 4.33. The fourth-order valence-electron chi connectivity index (χ4n) is 4.33. The maximum absolute atomic E-state index is 13.2. The molecule has 2 amide bonds. The maximum atomic E-state index is 13.2. The molecule has 1 atom stereocenters. The molecular formula is C24H29N3O2. The van der Waals surface area contributed by atoms with Crippen molar-refractivity contribution >= 4 is 11.8 Å². The van der Waals surface area contributed by atoms with Crippen molar-refractivity contribution in [2.75, 3.05) is 19.6 Å². The lowest BCUT2D eigenvalue weighted by Gasteiger charge is -2.43. The van der Waals surface area contributed by atoms with Crippen LogP contribution in [0.25, 0.3) is 11.1 Å². The van der Waals surface area contributed by atoms with E-state index in [9.17, 15) is 9.59 Å². The number of amides is 2. The number of piperazine rings is 1. The van der Waals surface area contributed by atoms with Crippen molar-refractivity contribution in [1.29, 1.82) is 0 Å². The molecule has 0 radical (unpaired) electrons. The number of pyridine rings is 1. The second kappa shape index (κ2) is 8.76. The van der Waals surface area contributed by atoms with Crippen molar-refractivity contribution in [2.24, 2.45) is 5.92 Å². The summed E-state index contributed by atoms with van der Waals surface area (Å²) >= 11 is 0. The Hall–Kier alpha value is -2.69. The second-order valence-corrected chi connectivity index (χ2v) is 8.14. The Labute approximate surface area is 172 Å². The molecule has 1 aromatic carbocycles. The lowest BCUT2D eigenvalue weighted by atomic mass is 9.83. The Morgan fingerprint density at radius 2 is 1.90 bits per heavy atom. The third-order valence-corrected chi connectivity index (χ3v) is 6.18. The van der Waals surface area contributed by atoms with E-state index in [1.807, 2.05) is 28.0 Å². The standard InChI is InChI=1S/C24H29N3O2/c1-2-13-26-14-15-27(23(28)20-6-4-7-20)22(24(26)29)17-18-5-3-8-21(16-18)19-9-11-25-12-10-19/h3,5,8-12,16,20,22H,2,4,6-7,13-15,17H2,1H3/t22-/m0/s1. The van der Waals surface area contributed by atoms with Gasteiger partial charge in [-0.1, -0.05) is 37.6 Å². The van der Waals surface area contributed by atoms with Crippen molar-refractivity contribution < 1.29 is 9.59 Å². The average Bonchev–Trinajstić information content (AvgIpc) is 2.71. The van der Waals surface area contributed by atoms with Crippen LogP contribution in [0, 0.1) is 5.92 Å². The van der Waals surface area contributed by atoms with Crippen LogP contribution in [-0.2, 0) is 16.0 Å². The van der Waals surface area contributed by atoms with Gasteiger partial charge in [0.2, 0.25) is 11.8 Å². The van der Waals surface area contributed by atoms with Gasteiger partial charge in [0.15, 0.2) is 0 Å². The van der Waals surface area contributed by atoms with Crippen molar-refractivity contribution in [3.8, 4) is 11.1 Å². The summed E-state index contributed by atoms with van der Waals surface area (Å²) in [6, 6.07) is 11.9. The number of benzene rings is 1. The largest absolute Gasteiger partial charge is 0.339 e. The average molecular weight is 392 g/mol. The van der Waals surface area contributed by atoms with Gasteiger partial charge < -0.3 is 9.80 Å². The Kier molecular flexibility index (Phi) is 5.93. The van der Waals surface area contributed by atoms with Gasteiger partial charge in [-0.15, -0.1) is 0 Å². The van der Waals surface area contributed by atoms with Crippen molar-refractivity contribution in [2.45, 2.75) is 45.1 Å². The van der Waals surface area contributed by atoms with Crippen LogP contribution in [0.1, 0.15) is 38.2 Å². The number of hydrogen-bond acceptors (Lipinski definition) is 3. The van der Waals surface area contributed by atoms with Crippen LogP contribution in [0.2, 0.25) is 0 Å². The van der Waals surface area contributed by atoms with Crippen molar-refractivity contribution in [1.82, 2.24) is 14.8 Å². The van der Waals surface area contributed by atoms with Gasteiger partial charge in [0, 0.05) is 44.4 Å². The van der Waals surface area contributed by atoms with Gasteiger partial charge in [-0.2, -0.15) is 0 Å². The molecule has 2 aliphatic rings. The SMILES string of the molecule is CCCN1CCN(C(=O)C2CCC2)[C@@H](Cc2cccc(-c3ccncc3)c2)C1=O. The maximum Gasteiger partial charge on any atom is 0.245 e. The smallest absolute Gasteiger partial charge is 0.245 e. The van der Waals surface area contributed by atoms with Crippen LogP contribution in [0.3, 0.4) is 0 Å². The molecule has 4 rings (SSSR count). The Bertz CT molecular complexity index is 863. The molecule has 1 aliphatic carbocycles. The highest BCUT2D eigenvalue weighted by Crippen LogP contribution is 2.31. The monoisotopic (exact) mass is 391 g/mol. The normalized spacial score (nSPS) is 19.9. The van der Waals surface area contributed by atoms with E-state index in [0.29, 0.717) is 19.5 Å². The fraction of sp³-hybridized carbons (Fsp3) is 0.458. The Balaban J connectivity index is 1.58. The molecule has 5 heteroatoms. The van der Waals surface area contributed by atoms with Gasteiger partial charge in [0.25, 0.3) is 0 Å². The lowest BCUT2D eigenvalue weighted by molar-refractivity contribution is -0.155. The van der Waals surface area contributed by atoms with Gasteiger partial charge in [-0.3, -0.25) is 14.6 Å². The summed E-state index contributed by atoms with van der Waals surface area (Å²) in [5.74, 6) is 0.391. The van der Waals surface area contributed by atoms with Crippen LogP contribution in [0.4, 0.5) is 0 Å². The number of nitrogens with zero attached hydrogens (tertiary/aromatic N) is 3. The number of carbonyl (C=O) groups is 2. The minimum atomic E-state index is -0.393. The first-order chi connectivity index (χ1) is 14.2. The predicted molar refractivity (Wildman–Crippen MR) is 113 cm³/mol. The summed E-state index contributed by atoms with van der Waals surface area (Å²) in [7, 11) is 0. The zero-order valence-corrected chi connectivity index (χ0v) is 17.1. The molecule has 1 saturated carbocycles. The zero-order valence-electron chi connectivity index (χ0n) is 17.1. The van der Waals surface area contributed by atoms with Crippen LogP contribution in [0.15, 0.2) is 48.8 Å². The third kappa shape index (κ3) is 4.19. The highest BCUT2D eigenvalue weighted by Gasteiger charge is 2.40. The summed E-state index contributed by atoms with van der Waals surface area (Å²) in [6.45, 7) is 4.15. The predicted octanol–water partition coefficient (Wildman–Crippen LogP) is 3.54. The molecule has 0 unspecified atom stereocenters. The highest BCUT2D eigenvalue weighted by molar-refractivity contribution is 5.90. The molecule has 2 fully saturated rings. The van der Waals surface area contributed by atoms with E-state index >= 15 is 0 Å². The first kappa shape index (κ1) is 19.6. The topological polar surface area (TPSA) is 53.5 Å². The molecule has 152 valence electrons. The third-order valence-electron chi connectivity index (χ3n) is 6.18. The minimum Gasteiger partial charge on any atom is -0.339 e. The van der Waals surface area contributed by atoms with Gasteiger partial charge in [-0.25, -0.2) is 0 Å². The first-order valence-electron chi connectivity index (χ1n) is 10.8. The van der Waals surface area contributed by atoms with Gasteiger partial charge in [-0.05, 0) is 48.1 Å². The Morgan fingerprint density at radius 1 is 1.10 bits per heavy atom. The second-order valence-electron chi connectivity index (χ2n) is 8.14. The molecule has 0 N–H and O–H groups in total. The van der Waals surface area contributed by atoms with Gasteiger partial charge in [0.05, 0.1) is 0 Å². The zero-order chi connectivity index (χ0) is 20.2. The highest BCUT2D eigenvalue weighted by atomic mass is 16.2. The van der Waals surface area contributed by atoms with Crippen molar-refractivity contribution in [3.05, 3.63) is 54.4 Å². The molecule has 1 aromatic heterocycles. The molecular weight excluding hydrogens is 362 g/mol. The summed E-state index contributed by atoms with van der Waals surface area (Å²) in [6.07, 6.45) is 8.13. The van der Waals surface area contributed by atoms with Crippen LogP contribution in [0.5, 0.6) is 0 Å². The lowest BCUT2D eigenvalue weighted by Crippen LogP contribution is -2.60. The summed E-state index contributed by atoms with van der Waals surface area (Å²) in [5, 5.41) is 0. The molecule has 1 saturated heterocycles. The number of hydrogen-bond donors (Lipinski definition) is 0. The molecule has 5 nitrogen and oxygen atoms in total. The molecule has 0 spiro atoms. The summed E-state index contributed by atoms with van der Waals surface area (Å²) < 4.78 is 0.